The van der Waals surface area contributed by atoms with Crippen molar-refractivity contribution < 1.29 is 18.3 Å². The van der Waals surface area contributed by atoms with Crippen molar-refractivity contribution in [3.63, 3.8) is 0 Å². The van der Waals surface area contributed by atoms with Gasteiger partial charge in [0.05, 0.1) is 0 Å². The highest BCUT2D eigenvalue weighted by Crippen LogP contribution is 2.31. The Hall–Kier alpha value is -0.260. The minimum absolute atomic E-state index is 0.517. The summed E-state index contributed by atoms with van der Waals surface area (Å²) in [5.74, 6) is -3.57. The summed E-state index contributed by atoms with van der Waals surface area (Å²) in [6.45, 7) is 0.248. The minimum atomic E-state index is -2.81. The zero-order chi connectivity index (χ0) is 8.66. The quantitative estimate of drug-likeness (QED) is 0.582. The van der Waals surface area contributed by atoms with Crippen LogP contribution >= 0.6 is 0 Å². The van der Waals surface area contributed by atoms with Crippen molar-refractivity contribution in [3.8, 4) is 0 Å². The van der Waals surface area contributed by atoms with E-state index in [1.54, 1.807) is 0 Å². The topological polar surface area (TPSA) is 30.5 Å². The summed E-state index contributed by atoms with van der Waals surface area (Å²) in [7, 11) is 0. The number of hydrogen-bond acceptors (Lipinski definition) is 3. The molecule has 0 radical (unpaired) electrons. The van der Waals surface area contributed by atoms with E-state index in [1.165, 1.54) is 0 Å². The highest BCUT2D eigenvalue weighted by molar-refractivity contribution is 4.86. The molecule has 0 aromatic carbocycles. The first-order chi connectivity index (χ1) is 5.62. The average molecular weight is 179 g/mol. The van der Waals surface area contributed by atoms with E-state index in [9.17, 15) is 8.78 Å². The third kappa shape index (κ3) is 1.44. The highest BCUT2D eigenvalue weighted by Gasteiger charge is 2.46. The zero-order valence-corrected chi connectivity index (χ0v) is 6.61. The van der Waals surface area contributed by atoms with E-state index < -0.39 is 24.9 Å². The van der Waals surface area contributed by atoms with Crippen molar-refractivity contribution in [2.24, 2.45) is 0 Å². The molecule has 70 valence electrons. The summed E-state index contributed by atoms with van der Waals surface area (Å²) in [6, 6.07) is 0. The first-order valence-corrected chi connectivity index (χ1v) is 3.98. The van der Waals surface area contributed by atoms with Gasteiger partial charge in [0.1, 0.15) is 13.2 Å². The van der Waals surface area contributed by atoms with Gasteiger partial charge < -0.3 is 14.8 Å². The molecule has 0 amide bonds. The van der Waals surface area contributed by atoms with E-state index in [1.807, 2.05) is 0 Å². The number of halogens is 2. The molecular formula is C7H11F2NO2. The van der Waals surface area contributed by atoms with Crippen LogP contribution < -0.4 is 5.32 Å². The maximum absolute atomic E-state index is 12.6. The second kappa shape index (κ2) is 2.61. The average Bonchev–Trinajstić information content (AvgIpc) is 2.46. The Bertz CT molecular complexity index is 168. The maximum Gasteiger partial charge on any atom is 0.293 e. The van der Waals surface area contributed by atoms with Gasteiger partial charge in [-0.3, -0.25) is 0 Å². The van der Waals surface area contributed by atoms with Crippen molar-refractivity contribution in [1.82, 2.24) is 5.32 Å². The van der Waals surface area contributed by atoms with Crippen LogP contribution in [-0.2, 0) is 9.47 Å². The van der Waals surface area contributed by atoms with Gasteiger partial charge in [-0.1, -0.05) is 0 Å². The normalized spacial score (nSPS) is 32.5. The Morgan fingerprint density at radius 3 is 2.33 bits per heavy atom. The Kier molecular flexibility index (Phi) is 1.82. The molecule has 2 aliphatic rings. The Labute approximate surface area is 69.0 Å². The fraction of sp³-hybridized carbons (Fsp3) is 1.00. The summed E-state index contributed by atoms with van der Waals surface area (Å²) in [4.78, 5) is 0. The molecule has 0 aliphatic carbocycles. The molecule has 0 unspecified atom stereocenters. The van der Waals surface area contributed by atoms with Crippen LogP contribution in [0.1, 0.15) is 6.42 Å². The summed E-state index contributed by atoms with van der Waals surface area (Å²) in [5.41, 5.74) is 0. The van der Waals surface area contributed by atoms with Crippen LogP contribution in [0, 0.1) is 0 Å². The molecule has 2 fully saturated rings. The molecule has 2 rings (SSSR count). The first-order valence-electron chi connectivity index (χ1n) is 3.98. The van der Waals surface area contributed by atoms with Crippen LogP contribution in [-0.4, -0.2) is 38.0 Å². The van der Waals surface area contributed by atoms with Gasteiger partial charge in [-0.15, -0.1) is 0 Å². The second-order valence-electron chi connectivity index (χ2n) is 3.27. The lowest BCUT2D eigenvalue weighted by Crippen LogP contribution is -2.50. The number of nitrogens with one attached hydrogen (secondary N) is 1. The van der Waals surface area contributed by atoms with Crippen LogP contribution in [0.25, 0.3) is 0 Å². The lowest BCUT2D eigenvalue weighted by molar-refractivity contribution is -0.319. The Balaban J connectivity index is 1.97. The third-order valence-electron chi connectivity index (χ3n) is 2.17. The fourth-order valence-corrected chi connectivity index (χ4v) is 1.45. The predicted molar refractivity (Wildman–Crippen MR) is 37.1 cm³/mol. The highest BCUT2D eigenvalue weighted by atomic mass is 19.3. The molecule has 2 saturated heterocycles. The fourth-order valence-electron chi connectivity index (χ4n) is 1.45. The molecule has 2 aliphatic heterocycles. The van der Waals surface area contributed by atoms with Crippen molar-refractivity contribution in [2.75, 3.05) is 26.3 Å². The summed E-state index contributed by atoms with van der Waals surface area (Å²) >= 11 is 0. The third-order valence-corrected chi connectivity index (χ3v) is 2.17. The van der Waals surface area contributed by atoms with Crippen molar-refractivity contribution >= 4 is 0 Å². The van der Waals surface area contributed by atoms with Crippen LogP contribution in [0.5, 0.6) is 0 Å². The van der Waals surface area contributed by atoms with Gasteiger partial charge in [-0.2, -0.15) is 0 Å². The molecule has 1 N–H and O–H groups in total. The van der Waals surface area contributed by atoms with Gasteiger partial charge in [0.2, 0.25) is 0 Å². The van der Waals surface area contributed by atoms with Crippen LogP contribution in [0.15, 0.2) is 0 Å². The predicted octanol–water partition coefficient (Wildman–Crippen LogP) is 0.358. The molecule has 0 aromatic heterocycles. The van der Waals surface area contributed by atoms with Crippen LogP contribution in [0.2, 0.25) is 0 Å². The van der Waals surface area contributed by atoms with Crippen molar-refractivity contribution in [2.45, 2.75) is 18.1 Å². The van der Waals surface area contributed by atoms with Gasteiger partial charge in [-0.25, -0.2) is 8.78 Å². The molecule has 2 heterocycles. The summed E-state index contributed by atoms with van der Waals surface area (Å²) in [6.07, 6.45) is 0.656. The number of ether oxygens (including phenoxy) is 2. The number of rotatable bonds is 0. The molecule has 3 nitrogen and oxygen atoms in total. The molecule has 1 spiro atoms. The Morgan fingerprint density at radius 2 is 1.83 bits per heavy atom. The summed E-state index contributed by atoms with van der Waals surface area (Å²) in [5, 5.41) is 3.02. The maximum atomic E-state index is 12.6. The SMILES string of the molecule is FC1(F)COC2(CCNC2)OC1. The largest absolute Gasteiger partial charge is 0.342 e. The van der Waals surface area contributed by atoms with E-state index in [2.05, 4.69) is 5.32 Å². The smallest absolute Gasteiger partial charge is 0.293 e. The van der Waals surface area contributed by atoms with Crippen molar-refractivity contribution in [1.29, 1.82) is 0 Å². The lowest BCUT2D eigenvalue weighted by atomic mass is 10.2. The van der Waals surface area contributed by atoms with Crippen LogP contribution in [0.4, 0.5) is 8.78 Å². The van der Waals surface area contributed by atoms with E-state index in [0.717, 1.165) is 6.54 Å². The minimum Gasteiger partial charge on any atom is -0.342 e. The van der Waals surface area contributed by atoms with Crippen LogP contribution in [0.3, 0.4) is 0 Å². The zero-order valence-electron chi connectivity index (χ0n) is 6.61. The number of hydrogen-bond donors (Lipinski definition) is 1. The molecule has 0 atom stereocenters. The lowest BCUT2D eigenvalue weighted by Gasteiger charge is -2.36. The standard InChI is InChI=1S/C7H11F2NO2/c8-6(9)4-11-7(12-5-6)1-2-10-3-7/h10H,1-5H2. The molecule has 12 heavy (non-hydrogen) atoms. The number of alkyl halides is 2. The van der Waals surface area contributed by atoms with Gasteiger partial charge in [0, 0.05) is 19.5 Å². The monoisotopic (exact) mass is 179 g/mol. The summed E-state index contributed by atoms with van der Waals surface area (Å²) < 4.78 is 35.2. The first kappa shape index (κ1) is 8.34. The molecule has 0 saturated carbocycles. The van der Waals surface area contributed by atoms with Gasteiger partial charge in [0.15, 0.2) is 5.79 Å². The van der Waals surface area contributed by atoms with E-state index in [4.69, 9.17) is 9.47 Å². The molecular weight excluding hydrogens is 168 g/mol. The van der Waals surface area contributed by atoms with E-state index in [-0.39, 0.29) is 0 Å². The second-order valence-corrected chi connectivity index (χ2v) is 3.27. The van der Waals surface area contributed by atoms with E-state index in [0.29, 0.717) is 13.0 Å². The van der Waals surface area contributed by atoms with E-state index >= 15 is 0 Å². The van der Waals surface area contributed by atoms with Crippen molar-refractivity contribution in [3.05, 3.63) is 0 Å². The molecule has 0 bridgehead atoms. The molecule has 0 aromatic rings. The molecule has 5 heteroatoms. The van der Waals surface area contributed by atoms with Gasteiger partial charge in [-0.05, 0) is 0 Å². The Morgan fingerprint density at radius 1 is 1.17 bits per heavy atom. The van der Waals surface area contributed by atoms with Gasteiger partial charge >= 0.3 is 0 Å². The van der Waals surface area contributed by atoms with Gasteiger partial charge in [0.25, 0.3) is 5.92 Å².